The maximum absolute atomic E-state index is 12.0. The van der Waals surface area contributed by atoms with Gasteiger partial charge in [-0.1, -0.05) is 42.1 Å². The summed E-state index contributed by atoms with van der Waals surface area (Å²) in [6, 6.07) is 9.12. The minimum atomic E-state index is -0.313. The fourth-order valence-electron chi connectivity index (χ4n) is 2.28. The van der Waals surface area contributed by atoms with E-state index in [9.17, 15) is 9.59 Å². The molecule has 5 heteroatoms. The van der Waals surface area contributed by atoms with Crippen LogP contribution in [0.3, 0.4) is 0 Å². The Hall–Kier alpha value is -1.75. The van der Waals surface area contributed by atoms with Gasteiger partial charge in [-0.05, 0) is 5.56 Å². The first-order chi connectivity index (χ1) is 8.68. The number of hydrogen-bond donors (Lipinski definition) is 1. The lowest BCUT2D eigenvalue weighted by molar-refractivity contribution is -0.108. The van der Waals surface area contributed by atoms with Gasteiger partial charge in [0, 0.05) is 18.5 Å². The Labute approximate surface area is 109 Å². The summed E-state index contributed by atoms with van der Waals surface area (Å²) in [5, 5.41) is 2.94. The third kappa shape index (κ3) is 1.62. The molecule has 0 aromatic heterocycles. The second-order valence-corrected chi connectivity index (χ2v) is 5.24. The van der Waals surface area contributed by atoms with Crippen molar-refractivity contribution in [1.29, 1.82) is 0 Å². The molecule has 1 aromatic carbocycles. The second kappa shape index (κ2) is 4.17. The molecule has 0 bridgehead atoms. The van der Waals surface area contributed by atoms with E-state index in [1.54, 1.807) is 7.05 Å². The Kier molecular flexibility index (Phi) is 2.63. The summed E-state index contributed by atoms with van der Waals surface area (Å²) < 4.78 is 0. The lowest BCUT2D eigenvalue weighted by Gasteiger charge is -2.31. The van der Waals surface area contributed by atoms with Gasteiger partial charge in [0.05, 0.1) is 11.6 Å². The summed E-state index contributed by atoms with van der Waals surface area (Å²) in [5.41, 5.74) is 2.50. The maximum Gasteiger partial charge on any atom is 0.322 e. The minimum absolute atomic E-state index is 0.0608. The van der Waals surface area contributed by atoms with Crippen molar-refractivity contribution in [1.82, 2.24) is 10.2 Å². The normalized spacial score (nSPS) is 23.2. The fourth-order valence-corrected chi connectivity index (χ4v) is 3.29. The van der Waals surface area contributed by atoms with Crippen molar-refractivity contribution in [3.8, 4) is 0 Å². The molecule has 0 saturated heterocycles. The van der Waals surface area contributed by atoms with Crippen molar-refractivity contribution in [3.63, 3.8) is 0 Å². The number of nitrogens with one attached hydrogen (secondary N) is 1. The number of thioether (sulfide) groups is 1. The summed E-state index contributed by atoms with van der Waals surface area (Å²) in [5.74, 6) is 0.585. The lowest BCUT2D eigenvalue weighted by atomic mass is 9.96. The van der Waals surface area contributed by atoms with Crippen LogP contribution in [-0.2, 0) is 4.79 Å². The van der Waals surface area contributed by atoms with Gasteiger partial charge in [0.25, 0.3) is 0 Å². The molecule has 2 aliphatic heterocycles. The number of carbonyl (C=O) groups is 2. The highest BCUT2D eigenvalue weighted by Crippen LogP contribution is 2.39. The zero-order valence-electron chi connectivity index (χ0n) is 9.84. The van der Waals surface area contributed by atoms with Crippen LogP contribution in [0.15, 0.2) is 41.6 Å². The van der Waals surface area contributed by atoms with Crippen LogP contribution < -0.4 is 5.32 Å². The topological polar surface area (TPSA) is 49.4 Å². The Morgan fingerprint density at radius 1 is 1.28 bits per heavy atom. The quantitative estimate of drug-likeness (QED) is 0.839. The monoisotopic (exact) mass is 260 g/mol. The summed E-state index contributed by atoms with van der Waals surface area (Å²) in [6.07, 6.45) is 0. The molecule has 1 N–H and O–H groups in total. The summed E-state index contributed by atoms with van der Waals surface area (Å²) in [6.45, 7) is 0. The highest BCUT2D eigenvalue weighted by molar-refractivity contribution is 8.14. The van der Waals surface area contributed by atoms with E-state index in [1.165, 1.54) is 16.7 Å². The van der Waals surface area contributed by atoms with Crippen molar-refractivity contribution < 1.29 is 9.59 Å². The Bertz CT molecular complexity index is 553. The number of amides is 2. The first-order valence-electron chi connectivity index (χ1n) is 5.68. The molecule has 0 saturated carbocycles. The van der Waals surface area contributed by atoms with Crippen molar-refractivity contribution in [2.24, 2.45) is 0 Å². The van der Waals surface area contributed by atoms with Crippen molar-refractivity contribution in [3.05, 3.63) is 47.2 Å². The van der Waals surface area contributed by atoms with Gasteiger partial charge in [-0.2, -0.15) is 0 Å². The van der Waals surface area contributed by atoms with E-state index >= 15 is 0 Å². The van der Waals surface area contributed by atoms with Crippen LogP contribution in [0, 0.1) is 0 Å². The molecule has 3 rings (SSSR count). The molecular formula is C13H12N2O2S. The first-order valence-corrected chi connectivity index (χ1v) is 6.66. The Morgan fingerprint density at radius 2 is 2.00 bits per heavy atom. The van der Waals surface area contributed by atoms with Gasteiger partial charge in [0.1, 0.15) is 0 Å². The molecule has 0 aliphatic carbocycles. The number of rotatable bonds is 1. The van der Waals surface area contributed by atoms with Crippen LogP contribution in [0.4, 0.5) is 4.79 Å². The number of urea groups is 1. The first kappa shape index (κ1) is 11.3. The molecule has 4 nitrogen and oxygen atoms in total. The predicted octanol–water partition coefficient (Wildman–Crippen LogP) is 1.91. The second-order valence-electron chi connectivity index (χ2n) is 4.29. The summed E-state index contributed by atoms with van der Waals surface area (Å²) in [4.78, 5) is 25.4. The molecule has 1 unspecified atom stereocenters. The van der Waals surface area contributed by atoms with Gasteiger partial charge in [0.15, 0.2) is 0 Å². The smallest absolute Gasteiger partial charge is 0.322 e. The molecule has 0 spiro atoms. The molecular weight excluding hydrogens is 248 g/mol. The molecule has 2 heterocycles. The van der Waals surface area contributed by atoms with Crippen LogP contribution >= 0.6 is 11.8 Å². The Balaban J connectivity index is 2.10. The Morgan fingerprint density at radius 3 is 2.72 bits per heavy atom. The van der Waals surface area contributed by atoms with Crippen LogP contribution in [0.25, 0.3) is 0 Å². The van der Waals surface area contributed by atoms with E-state index in [2.05, 4.69) is 5.32 Å². The van der Waals surface area contributed by atoms with Gasteiger partial charge in [-0.25, -0.2) is 4.79 Å². The van der Waals surface area contributed by atoms with E-state index in [-0.39, 0.29) is 17.2 Å². The van der Waals surface area contributed by atoms with E-state index < -0.39 is 0 Å². The third-order valence-electron chi connectivity index (χ3n) is 3.27. The van der Waals surface area contributed by atoms with Gasteiger partial charge in [0.2, 0.25) is 5.12 Å². The number of benzene rings is 1. The fraction of sp³-hybridized carbons (Fsp3) is 0.231. The molecule has 18 heavy (non-hydrogen) atoms. The minimum Gasteiger partial charge on any atom is -0.327 e. The molecule has 0 fully saturated rings. The van der Waals surface area contributed by atoms with Crippen LogP contribution in [0.5, 0.6) is 0 Å². The zero-order chi connectivity index (χ0) is 12.7. The van der Waals surface area contributed by atoms with E-state index in [0.717, 1.165) is 11.3 Å². The maximum atomic E-state index is 12.0. The van der Waals surface area contributed by atoms with E-state index in [4.69, 9.17) is 0 Å². The van der Waals surface area contributed by atoms with Crippen molar-refractivity contribution in [2.75, 3.05) is 12.8 Å². The molecule has 2 aliphatic rings. The standard InChI is InChI=1S/C13H12N2O2S/c1-15-9-7-18-12(16)10(9)11(14-13(15)17)8-5-3-2-4-6-8/h2-6,11H,7H2,1H3,(H,14,17). The van der Waals surface area contributed by atoms with Crippen LogP contribution in [0.2, 0.25) is 0 Å². The highest BCUT2D eigenvalue weighted by atomic mass is 32.2. The molecule has 92 valence electrons. The molecule has 0 radical (unpaired) electrons. The number of nitrogens with zero attached hydrogens (tertiary/aromatic N) is 1. The summed E-state index contributed by atoms with van der Waals surface area (Å²) in [7, 11) is 1.70. The SMILES string of the molecule is CN1C(=O)NC(c2ccccc2)C2=C1CSC2=O. The molecule has 1 atom stereocenters. The van der Waals surface area contributed by atoms with Gasteiger partial charge in [-0.15, -0.1) is 0 Å². The lowest BCUT2D eigenvalue weighted by Crippen LogP contribution is -2.45. The van der Waals surface area contributed by atoms with Gasteiger partial charge in [-0.3, -0.25) is 9.69 Å². The third-order valence-corrected chi connectivity index (χ3v) is 4.17. The van der Waals surface area contributed by atoms with Crippen molar-refractivity contribution in [2.45, 2.75) is 6.04 Å². The average Bonchev–Trinajstić information content (AvgIpc) is 2.77. The molecule has 1 aromatic rings. The zero-order valence-corrected chi connectivity index (χ0v) is 10.7. The molecule has 2 amide bonds. The van der Waals surface area contributed by atoms with Crippen LogP contribution in [-0.4, -0.2) is 28.8 Å². The average molecular weight is 260 g/mol. The highest BCUT2D eigenvalue weighted by Gasteiger charge is 2.39. The van der Waals surface area contributed by atoms with Gasteiger partial charge < -0.3 is 5.32 Å². The summed E-state index contributed by atoms with van der Waals surface area (Å²) >= 11 is 1.26. The van der Waals surface area contributed by atoms with E-state index in [0.29, 0.717) is 11.3 Å². The largest absolute Gasteiger partial charge is 0.327 e. The van der Waals surface area contributed by atoms with Crippen molar-refractivity contribution >= 4 is 22.9 Å². The van der Waals surface area contributed by atoms with Crippen LogP contribution in [0.1, 0.15) is 11.6 Å². The number of hydrogen-bond acceptors (Lipinski definition) is 3. The van der Waals surface area contributed by atoms with Gasteiger partial charge >= 0.3 is 6.03 Å². The van der Waals surface area contributed by atoms with E-state index in [1.807, 2.05) is 30.3 Å². The number of carbonyl (C=O) groups excluding carboxylic acids is 2. The predicted molar refractivity (Wildman–Crippen MR) is 70.0 cm³/mol.